The molecule has 3 unspecified atom stereocenters. The maximum atomic E-state index is 12.3. The SMILES string of the molecule is O=C(Nc1c(O)cccc1[N+](=O)[O-])C1CC2C=CC1C2. The molecule has 0 saturated heterocycles. The lowest BCUT2D eigenvalue weighted by Crippen LogP contribution is -2.26. The summed E-state index contributed by atoms with van der Waals surface area (Å²) in [7, 11) is 0. The molecule has 2 aliphatic carbocycles. The summed E-state index contributed by atoms with van der Waals surface area (Å²) < 4.78 is 0. The van der Waals surface area contributed by atoms with Gasteiger partial charge in [-0.25, -0.2) is 0 Å². The van der Waals surface area contributed by atoms with Crippen LogP contribution < -0.4 is 5.32 Å². The van der Waals surface area contributed by atoms with Crippen molar-refractivity contribution >= 4 is 17.3 Å². The largest absolute Gasteiger partial charge is 0.505 e. The fourth-order valence-corrected chi connectivity index (χ4v) is 3.11. The lowest BCUT2D eigenvalue weighted by Gasteiger charge is -2.17. The number of nitrogens with zero attached hydrogens (tertiary/aromatic N) is 1. The van der Waals surface area contributed by atoms with E-state index in [0.717, 1.165) is 12.8 Å². The summed E-state index contributed by atoms with van der Waals surface area (Å²) in [5.74, 6) is -0.0538. The van der Waals surface area contributed by atoms with Crippen LogP contribution in [0.1, 0.15) is 12.8 Å². The van der Waals surface area contributed by atoms with Crippen LogP contribution in [0.15, 0.2) is 30.4 Å². The van der Waals surface area contributed by atoms with Crippen molar-refractivity contribution in [3.63, 3.8) is 0 Å². The van der Waals surface area contributed by atoms with Gasteiger partial charge in [-0.1, -0.05) is 18.2 Å². The minimum Gasteiger partial charge on any atom is -0.505 e. The maximum Gasteiger partial charge on any atom is 0.296 e. The Bertz CT molecular complexity index is 611. The van der Waals surface area contributed by atoms with Crippen LogP contribution in [-0.4, -0.2) is 15.9 Å². The average molecular weight is 274 g/mol. The molecule has 2 aliphatic rings. The fourth-order valence-electron chi connectivity index (χ4n) is 3.11. The molecule has 2 bridgehead atoms. The normalized spacial score (nSPS) is 26.7. The molecule has 6 heteroatoms. The van der Waals surface area contributed by atoms with Crippen molar-refractivity contribution in [3.05, 3.63) is 40.5 Å². The number of rotatable bonds is 3. The fraction of sp³-hybridized carbons (Fsp3) is 0.357. The number of phenols is 1. The Kier molecular flexibility index (Phi) is 2.93. The zero-order chi connectivity index (χ0) is 14.3. The van der Waals surface area contributed by atoms with E-state index in [1.54, 1.807) is 0 Å². The lowest BCUT2D eigenvalue weighted by molar-refractivity contribution is -0.384. The monoisotopic (exact) mass is 274 g/mol. The molecular formula is C14H14N2O4. The molecule has 0 heterocycles. The van der Waals surface area contributed by atoms with E-state index < -0.39 is 4.92 Å². The number of aromatic hydroxyl groups is 1. The molecule has 0 radical (unpaired) electrons. The second-order valence-electron chi connectivity index (χ2n) is 5.30. The highest BCUT2D eigenvalue weighted by Gasteiger charge is 2.40. The summed E-state index contributed by atoms with van der Waals surface area (Å²) in [6.07, 6.45) is 5.91. The number of nitro benzene ring substituents is 1. The first-order chi connectivity index (χ1) is 9.56. The summed E-state index contributed by atoms with van der Waals surface area (Å²) in [6.45, 7) is 0. The van der Waals surface area contributed by atoms with Crippen LogP contribution in [0.3, 0.4) is 0 Å². The van der Waals surface area contributed by atoms with Gasteiger partial charge in [0.05, 0.1) is 4.92 Å². The topological polar surface area (TPSA) is 92.5 Å². The Morgan fingerprint density at radius 1 is 1.35 bits per heavy atom. The first-order valence-corrected chi connectivity index (χ1v) is 6.52. The van der Waals surface area contributed by atoms with Gasteiger partial charge in [0.15, 0.2) is 5.69 Å². The zero-order valence-corrected chi connectivity index (χ0v) is 10.7. The van der Waals surface area contributed by atoms with Crippen LogP contribution in [0.25, 0.3) is 0 Å². The number of phenolic OH excluding ortho intramolecular Hbond substituents is 1. The molecule has 0 aromatic heterocycles. The second-order valence-corrected chi connectivity index (χ2v) is 5.30. The molecule has 1 aromatic rings. The van der Waals surface area contributed by atoms with Gasteiger partial charge in [0.1, 0.15) is 5.75 Å². The maximum absolute atomic E-state index is 12.3. The van der Waals surface area contributed by atoms with Gasteiger partial charge in [0.25, 0.3) is 5.69 Å². The van der Waals surface area contributed by atoms with Crippen molar-refractivity contribution in [3.8, 4) is 5.75 Å². The van der Waals surface area contributed by atoms with Gasteiger partial charge in [0.2, 0.25) is 5.91 Å². The third kappa shape index (κ3) is 2.03. The van der Waals surface area contributed by atoms with Crippen molar-refractivity contribution in [2.75, 3.05) is 5.32 Å². The third-order valence-electron chi connectivity index (χ3n) is 4.08. The smallest absolute Gasteiger partial charge is 0.296 e. The standard InChI is InChI=1S/C14H14N2O4/c17-12-3-1-2-11(16(19)20)13(12)15-14(18)10-7-8-4-5-9(10)6-8/h1-5,8-10,17H,6-7H2,(H,15,18). The quantitative estimate of drug-likeness (QED) is 0.383. The van der Waals surface area contributed by atoms with E-state index in [1.165, 1.54) is 18.2 Å². The second kappa shape index (κ2) is 4.63. The molecule has 1 amide bonds. The minimum atomic E-state index is -0.615. The molecule has 2 N–H and O–H groups in total. The Morgan fingerprint density at radius 3 is 2.75 bits per heavy atom. The predicted molar refractivity (Wildman–Crippen MR) is 72.2 cm³/mol. The van der Waals surface area contributed by atoms with Gasteiger partial charge < -0.3 is 10.4 Å². The number of hydrogen-bond donors (Lipinski definition) is 2. The number of hydrogen-bond acceptors (Lipinski definition) is 4. The Morgan fingerprint density at radius 2 is 2.15 bits per heavy atom. The average Bonchev–Trinajstić information content (AvgIpc) is 3.03. The first kappa shape index (κ1) is 12.7. The zero-order valence-electron chi connectivity index (χ0n) is 10.7. The van der Waals surface area contributed by atoms with Gasteiger partial charge in [-0.15, -0.1) is 0 Å². The highest BCUT2D eigenvalue weighted by atomic mass is 16.6. The molecule has 3 atom stereocenters. The Hall–Kier alpha value is -2.37. The number of carbonyl (C=O) groups excluding carboxylic acids is 1. The van der Waals surface area contributed by atoms with Gasteiger partial charge >= 0.3 is 0 Å². The number of para-hydroxylation sites is 1. The van der Waals surface area contributed by atoms with E-state index in [0.29, 0.717) is 5.92 Å². The highest BCUT2D eigenvalue weighted by Crippen LogP contribution is 2.44. The van der Waals surface area contributed by atoms with Crippen LogP contribution in [0.2, 0.25) is 0 Å². The molecule has 3 rings (SSSR count). The van der Waals surface area contributed by atoms with Gasteiger partial charge in [-0.3, -0.25) is 14.9 Å². The molecule has 1 saturated carbocycles. The van der Waals surface area contributed by atoms with E-state index >= 15 is 0 Å². The van der Waals surface area contributed by atoms with E-state index in [4.69, 9.17) is 0 Å². The van der Waals surface area contributed by atoms with Crippen LogP contribution in [0.5, 0.6) is 5.75 Å². The number of carbonyl (C=O) groups is 1. The number of benzene rings is 1. The number of nitrogens with one attached hydrogen (secondary N) is 1. The number of fused-ring (bicyclic) bond motifs is 2. The van der Waals surface area contributed by atoms with Crippen LogP contribution in [0.4, 0.5) is 11.4 Å². The number of nitro groups is 1. The number of allylic oxidation sites excluding steroid dienone is 2. The third-order valence-corrected chi connectivity index (χ3v) is 4.08. The van der Waals surface area contributed by atoms with Crippen molar-refractivity contribution in [1.82, 2.24) is 0 Å². The van der Waals surface area contributed by atoms with Crippen molar-refractivity contribution in [2.45, 2.75) is 12.8 Å². The summed E-state index contributed by atoms with van der Waals surface area (Å²) in [5, 5.41) is 23.2. The van der Waals surface area contributed by atoms with E-state index in [1.807, 2.05) is 6.08 Å². The van der Waals surface area contributed by atoms with Crippen molar-refractivity contribution in [2.24, 2.45) is 17.8 Å². The number of amides is 1. The van der Waals surface area contributed by atoms with Crippen LogP contribution in [-0.2, 0) is 4.79 Å². The predicted octanol–water partition coefficient (Wildman–Crippen LogP) is 2.45. The summed E-state index contributed by atoms with van der Waals surface area (Å²) in [6, 6.07) is 3.96. The molecule has 0 spiro atoms. The molecule has 6 nitrogen and oxygen atoms in total. The Balaban J connectivity index is 1.83. The molecule has 104 valence electrons. The van der Waals surface area contributed by atoms with E-state index in [-0.39, 0.29) is 34.9 Å². The Labute approximate surface area is 115 Å². The lowest BCUT2D eigenvalue weighted by atomic mass is 9.92. The molecular weight excluding hydrogens is 260 g/mol. The van der Waals surface area contributed by atoms with E-state index in [2.05, 4.69) is 11.4 Å². The summed E-state index contributed by atoms with van der Waals surface area (Å²) >= 11 is 0. The molecule has 1 aromatic carbocycles. The summed E-state index contributed by atoms with van der Waals surface area (Å²) in [5.41, 5.74) is -0.411. The first-order valence-electron chi connectivity index (χ1n) is 6.52. The summed E-state index contributed by atoms with van der Waals surface area (Å²) in [4.78, 5) is 22.6. The van der Waals surface area contributed by atoms with Gasteiger partial charge in [-0.05, 0) is 30.7 Å². The molecule has 1 fully saturated rings. The van der Waals surface area contributed by atoms with E-state index in [9.17, 15) is 20.0 Å². The number of anilines is 1. The minimum absolute atomic E-state index is 0.116. The van der Waals surface area contributed by atoms with Gasteiger partial charge in [0, 0.05) is 12.0 Å². The molecule has 20 heavy (non-hydrogen) atoms. The highest BCUT2D eigenvalue weighted by molar-refractivity contribution is 5.97. The van der Waals surface area contributed by atoms with Crippen LogP contribution in [0, 0.1) is 27.9 Å². The van der Waals surface area contributed by atoms with Crippen molar-refractivity contribution in [1.29, 1.82) is 0 Å². The van der Waals surface area contributed by atoms with Crippen LogP contribution >= 0.6 is 0 Å². The molecule has 0 aliphatic heterocycles. The van der Waals surface area contributed by atoms with Crippen molar-refractivity contribution < 1.29 is 14.8 Å². The van der Waals surface area contributed by atoms with Gasteiger partial charge in [-0.2, -0.15) is 0 Å².